The van der Waals surface area contributed by atoms with Crippen molar-refractivity contribution in [3.8, 4) is 0 Å². The molecule has 2 N–H and O–H groups in total. The third-order valence-electron chi connectivity index (χ3n) is 3.03. The Kier molecular flexibility index (Phi) is 3.90. The molecule has 0 aliphatic carbocycles. The van der Waals surface area contributed by atoms with Gasteiger partial charge in [0.15, 0.2) is 5.82 Å². The van der Waals surface area contributed by atoms with Crippen LogP contribution in [0.1, 0.15) is 30.0 Å². The van der Waals surface area contributed by atoms with Crippen molar-refractivity contribution in [2.75, 3.05) is 6.54 Å². The van der Waals surface area contributed by atoms with Gasteiger partial charge in [0.1, 0.15) is 0 Å². The Balaban J connectivity index is 2.01. The van der Waals surface area contributed by atoms with E-state index in [9.17, 15) is 4.79 Å². The van der Waals surface area contributed by atoms with Crippen molar-refractivity contribution in [3.63, 3.8) is 0 Å². The van der Waals surface area contributed by atoms with Crippen LogP contribution in [0, 0.1) is 0 Å². The molecular formula is C14H16ClN3O. The summed E-state index contributed by atoms with van der Waals surface area (Å²) in [6.45, 7) is 4.66. The highest BCUT2D eigenvalue weighted by molar-refractivity contribution is 6.30. The molecule has 2 rings (SSSR count). The lowest BCUT2D eigenvalue weighted by atomic mass is 9.84. The van der Waals surface area contributed by atoms with Crippen molar-refractivity contribution in [1.82, 2.24) is 15.3 Å². The fourth-order valence-electron chi connectivity index (χ4n) is 1.78. The Morgan fingerprint density at radius 1 is 1.37 bits per heavy atom. The number of nitrogens with one attached hydrogen (secondary N) is 2. The molecular weight excluding hydrogens is 262 g/mol. The van der Waals surface area contributed by atoms with Crippen molar-refractivity contribution in [1.29, 1.82) is 0 Å². The normalized spacial score (nSPS) is 11.3. The Hall–Kier alpha value is -1.81. The van der Waals surface area contributed by atoms with Gasteiger partial charge in [-0.3, -0.25) is 4.79 Å². The number of nitrogens with zero attached hydrogens (tertiary/aromatic N) is 1. The second-order valence-electron chi connectivity index (χ2n) is 5.01. The fourth-order valence-corrected chi connectivity index (χ4v) is 1.90. The predicted octanol–water partition coefficient (Wildman–Crippen LogP) is 2.77. The summed E-state index contributed by atoms with van der Waals surface area (Å²) >= 11 is 5.87. The van der Waals surface area contributed by atoms with E-state index in [0.29, 0.717) is 17.4 Å². The first-order chi connectivity index (χ1) is 8.99. The third kappa shape index (κ3) is 3.35. The summed E-state index contributed by atoms with van der Waals surface area (Å²) in [5.74, 6) is 0.124. The number of aromatic amines is 1. The van der Waals surface area contributed by atoms with Gasteiger partial charge in [-0.15, -0.1) is 0 Å². The highest BCUT2D eigenvalue weighted by atomic mass is 35.5. The molecule has 4 nitrogen and oxygen atoms in total. The number of benzene rings is 1. The van der Waals surface area contributed by atoms with E-state index in [4.69, 9.17) is 11.6 Å². The highest BCUT2D eigenvalue weighted by Crippen LogP contribution is 2.23. The molecule has 0 aliphatic rings. The molecule has 1 heterocycles. The Labute approximate surface area is 117 Å². The van der Waals surface area contributed by atoms with E-state index in [1.165, 1.54) is 0 Å². The highest BCUT2D eigenvalue weighted by Gasteiger charge is 2.22. The van der Waals surface area contributed by atoms with Crippen LogP contribution >= 0.6 is 11.6 Å². The molecule has 0 spiro atoms. The van der Waals surface area contributed by atoms with Gasteiger partial charge < -0.3 is 10.3 Å². The summed E-state index contributed by atoms with van der Waals surface area (Å²) in [4.78, 5) is 18.5. The van der Waals surface area contributed by atoms with Gasteiger partial charge in [-0.25, -0.2) is 4.98 Å². The molecule has 5 heteroatoms. The number of H-pyrrole nitrogens is 1. The minimum Gasteiger partial charge on any atom is -0.349 e. The molecule has 0 fully saturated rings. The van der Waals surface area contributed by atoms with Crippen LogP contribution in [-0.2, 0) is 5.41 Å². The second-order valence-corrected chi connectivity index (χ2v) is 5.45. The molecule has 0 saturated carbocycles. The molecule has 2 aromatic rings. The number of carbonyl (C=O) groups is 1. The molecule has 0 saturated heterocycles. The largest absolute Gasteiger partial charge is 0.349 e. The maximum Gasteiger partial charge on any atom is 0.287 e. The Bertz CT molecular complexity index is 547. The third-order valence-corrected chi connectivity index (χ3v) is 3.28. The van der Waals surface area contributed by atoms with E-state index in [-0.39, 0.29) is 11.3 Å². The molecule has 19 heavy (non-hydrogen) atoms. The molecule has 0 atom stereocenters. The van der Waals surface area contributed by atoms with E-state index < -0.39 is 0 Å². The molecule has 0 bridgehead atoms. The predicted molar refractivity (Wildman–Crippen MR) is 75.4 cm³/mol. The zero-order valence-electron chi connectivity index (χ0n) is 10.9. The molecule has 1 amide bonds. The van der Waals surface area contributed by atoms with E-state index in [1.54, 1.807) is 12.4 Å². The Morgan fingerprint density at radius 2 is 2.05 bits per heavy atom. The summed E-state index contributed by atoms with van der Waals surface area (Å²) in [6, 6.07) is 7.66. The number of imidazole rings is 1. The lowest BCUT2D eigenvalue weighted by molar-refractivity contribution is 0.0936. The van der Waals surface area contributed by atoms with Gasteiger partial charge in [0, 0.05) is 29.4 Å². The quantitative estimate of drug-likeness (QED) is 0.903. The van der Waals surface area contributed by atoms with E-state index in [1.807, 2.05) is 24.3 Å². The van der Waals surface area contributed by atoms with Crippen molar-refractivity contribution in [3.05, 3.63) is 53.1 Å². The average Bonchev–Trinajstić information content (AvgIpc) is 2.90. The number of aromatic nitrogens is 2. The lowest BCUT2D eigenvalue weighted by Crippen LogP contribution is -2.37. The van der Waals surface area contributed by atoms with Crippen LogP contribution in [0.25, 0.3) is 0 Å². The zero-order chi connectivity index (χ0) is 13.9. The maximum absolute atomic E-state index is 11.8. The standard InChI is InChI=1S/C14H16ClN3O/c1-14(2,10-3-5-11(15)6-4-10)9-18-13(19)12-16-7-8-17-12/h3-8H,9H2,1-2H3,(H,16,17)(H,18,19). The molecule has 0 unspecified atom stereocenters. The summed E-state index contributed by atoms with van der Waals surface area (Å²) in [7, 11) is 0. The molecule has 1 aromatic carbocycles. The van der Waals surface area contributed by atoms with Gasteiger partial charge in [-0.2, -0.15) is 0 Å². The number of amides is 1. The monoisotopic (exact) mass is 277 g/mol. The minimum atomic E-state index is -0.202. The van der Waals surface area contributed by atoms with Crippen molar-refractivity contribution in [2.45, 2.75) is 19.3 Å². The van der Waals surface area contributed by atoms with Crippen molar-refractivity contribution in [2.24, 2.45) is 0 Å². The average molecular weight is 278 g/mol. The molecule has 0 aliphatic heterocycles. The van der Waals surface area contributed by atoms with Crippen molar-refractivity contribution >= 4 is 17.5 Å². The number of hydrogen-bond donors (Lipinski definition) is 2. The second kappa shape index (κ2) is 5.45. The van der Waals surface area contributed by atoms with E-state index >= 15 is 0 Å². The zero-order valence-corrected chi connectivity index (χ0v) is 11.7. The van der Waals surface area contributed by atoms with Crippen molar-refractivity contribution < 1.29 is 4.79 Å². The summed E-state index contributed by atoms with van der Waals surface area (Å²) in [5, 5.41) is 3.58. The number of carbonyl (C=O) groups excluding carboxylic acids is 1. The van der Waals surface area contributed by atoms with Crippen LogP contribution in [0.3, 0.4) is 0 Å². The summed E-state index contributed by atoms with van der Waals surface area (Å²) in [5.41, 5.74) is 0.948. The van der Waals surface area contributed by atoms with Gasteiger partial charge in [0.25, 0.3) is 5.91 Å². The van der Waals surface area contributed by atoms with Gasteiger partial charge in [0.05, 0.1) is 0 Å². The van der Waals surface area contributed by atoms with Gasteiger partial charge in [-0.1, -0.05) is 37.6 Å². The van der Waals surface area contributed by atoms with Crippen LogP contribution in [0.5, 0.6) is 0 Å². The number of halogens is 1. The maximum atomic E-state index is 11.8. The minimum absolute atomic E-state index is 0.174. The number of hydrogen-bond acceptors (Lipinski definition) is 2. The first-order valence-corrected chi connectivity index (χ1v) is 6.40. The topological polar surface area (TPSA) is 57.8 Å². The van der Waals surface area contributed by atoms with E-state index in [0.717, 1.165) is 5.56 Å². The van der Waals surface area contributed by atoms with E-state index in [2.05, 4.69) is 29.1 Å². The van der Waals surface area contributed by atoms with Gasteiger partial charge in [-0.05, 0) is 17.7 Å². The Morgan fingerprint density at radius 3 is 2.63 bits per heavy atom. The lowest BCUT2D eigenvalue weighted by Gasteiger charge is -2.25. The SMILES string of the molecule is CC(C)(CNC(=O)c1ncc[nH]1)c1ccc(Cl)cc1. The van der Waals surface area contributed by atoms with Gasteiger partial charge in [0.2, 0.25) is 0 Å². The molecule has 1 aromatic heterocycles. The number of rotatable bonds is 4. The smallest absolute Gasteiger partial charge is 0.287 e. The summed E-state index contributed by atoms with van der Waals surface area (Å²) < 4.78 is 0. The van der Waals surface area contributed by atoms with Gasteiger partial charge >= 0.3 is 0 Å². The van der Waals surface area contributed by atoms with Crippen LogP contribution in [0.2, 0.25) is 5.02 Å². The van der Waals surface area contributed by atoms with Crippen LogP contribution in [0.4, 0.5) is 0 Å². The van der Waals surface area contributed by atoms with Crippen LogP contribution in [0.15, 0.2) is 36.7 Å². The van der Waals surface area contributed by atoms with Crippen LogP contribution < -0.4 is 5.32 Å². The first-order valence-electron chi connectivity index (χ1n) is 6.03. The fraction of sp³-hybridized carbons (Fsp3) is 0.286. The first kappa shape index (κ1) is 13.6. The molecule has 0 radical (unpaired) electrons. The molecule has 100 valence electrons. The van der Waals surface area contributed by atoms with Crippen LogP contribution in [-0.4, -0.2) is 22.4 Å². The summed E-state index contributed by atoms with van der Waals surface area (Å²) in [6.07, 6.45) is 3.18.